The van der Waals surface area contributed by atoms with Crippen molar-refractivity contribution in [3.8, 4) is 11.3 Å². The highest BCUT2D eigenvalue weighted by molar-refractivity contribution is 5.73. The van der Waals surface area contributed by atoms with Crippen LogP contribution in [0.2, 0.25) is 0 Å². The van der Waals surface area contributed by atoms with Gasteiger partial charge in [-0.15, -0.1) is 0 Å². The first-order chi connectivity index (χ1) is 16.9. The fourth-order valence-corrected chi connectivity index (χ4v) is 4.82. The van der Waals surface area contributed by atoms with Gasteiger partial charge < -0.3 is 21.1 Å². The predicted molar refractivity (Wildman–Crippen MR) is 139 cm³/mol. The molecule has 0 saturated heterocycles. The number of rotatable bonds is 10. The molecular weight excluding hydrogens is 443 g/mol. The average molecular weight is 485 g/mol. The Morgan fingerprint density at radius 3 is 2.46 bits per heavy atom. The number of anilines is 2. The molecule has 0 spiro atoms. The fraction of sp³-hybridized carbons (Fsp3) is 0.667. The largest absolute Gasteiger partial charge is 0.393 e. The smallest absolute Gasteiger partial charge is 0.224 e. The molecule has 0 radical (unpaired) electrons. The van der Waals surface area contributed by atoms with Crippen LogP contribution in [0, 0.1) is 0 Å². The van der Waals surface area contributed by atoms with E-state index in [1.54, 1.807) is 13.1 Å². The van der Waals surface area contributed by atoms with Gasteiger partial charge in [-0.05, 0) is 63.5 Å². The second-order valence-corrected chi connectivity index (χ2v) is 10.5. The molecule has 1 atom stereocenters. The van der Waals surface area contributed by atoms with E-state index in [1.807, 2.05) is 19.2 Å². The Bertz CT molecular complexity index is 924. The van der Waals surface area contributed by atoms with Crippen LogP contribution < -0.4 is 16.0 Å². The van der Waals surface area contributed by atoms with E-state index in [1.165, 1.54) is 32.1 Å². The van der Waals surface area contributed by atoms with Crippen molar-refractivity contribution in [1.29, 1.82) is 0 Å². The molecule has 2 aliphatic carbocycles. The predicted octanol–water partition coefficient (Wildman–Crippen LogP) is 5.23. The Balaban J connectivity index is 1.48. The molecule has 2 aromatic heterocycles. The summed E-state index contributed by atoms with van der Waals surface area (Å²) in [6.45, 7) is 4.39. The number of aliphatic hydroxyl groups is 1. The molecule has 0 bridgehead atoms. The van der Waals surface area contributed by atoms with E-state index in [9.17, 15) is 9.50 Å². The van der Waals surface area contributed by atoms with Crippen molar-refractivity contribution in [2.45, 2.75) is 108 Å². The summed E-state index contributed by atoms with van der Waals surface area (Å²) >= 11 is 0. The maximum Gasteiger partial charge on any atom is 0.224 e. The van der Waals surface area contributed by atoms with Gasteiger partial charge in [-0.2, -0.15) is 4.98 Å². The third kappa shape index (κ3) is 7.58. The molecule has 0 amide bonds. The molecule has 1 unspecified atom stereocenters. The lowest BCUT2D eigenvalue weighted by molar-refractivity contribution is 0.126. The van der Waals surface area contributed by atoms with Gasteiger partial charge in [0.15, 0.2) is 0 Å². The lowest BCUT2D eigenvalue weighted by atomic mass is 9.93. The highest BCUT2D eigenvalue weighted by Gasteiger charge is 2.23. The second kappa shape index (κ2) is 12.1. The summed E-state index contributed by atoms with van der Waals surface area (Å²) < 4.78 is 14.4. The molecular formula is C27H41FN6O. The average Bonchev–Trinajstić information content (AvgIpc) is 2.89. The van der Waals surface area contributed by atoms with Crippen LogP contribution in [-0.4, -0.2) is 50.5 Å². The summed E-state index contributed by atoms with van der Waals surface area (Å²) in [4.78, 5) is 13.9. The monoisotopic (exact) mass is 484 g/mol. The van der Waals surface area contributed by atoms with Crippen LogP contribution in [0.25, 0.3) is 11.3 Å². The molecule has 0 aromatic carbocycles. The van der Waals surface area contributed by atoms with Gasteiger partial charge in [0.05, 0.1) is 23.9 Å². The Kier molecular flexibility index (Phi) is 8.89. The number of hydrogen-bond donors (Lipinski definition) is 4. The van der Waals surface area contributed by atoms with Gasteiger partial charge in [-0.3, -0.25) is 4.98 Å². The minimum Gasteiger partial charge on any atom is -0.393 e. The Morgan fingerprint density at radius 1 is 1.00 bits per heavy atom. The van der Waals surface area contributed by atoms with Gasteiger partial charge in [0.1, 0.15) is 11.5 Å². The van der Waals surface area contributed by atoms with E-state index >= 15 is 0 Å². The standard InChI is InChI=1S/C27H41FN6O/c1-3-27(2,28)18-32-26-31-17-23(25(34-26)33-21-10-12-22(35)13-11-21)24-14-9-19(16-30-24)15-29-20-7-5-4-6-8-20/h9,14,16-17,20-22,29,35H,3-8,10-13,15,18H2,1-2H3,(H2,31,32,33,34)/t21-,22-,27?. The second-order valence-electron chi connectivity index (χ2n) is 10.5. The number of aliphatic hydroxyl groups excluding tert-OH is 1. The zero-order valence-corrected chi connectivity index (χ0v) is 21.2. The molecule has 4 rings (SSSR count). The molecule has 2 aliphatic rings. The third-order valence-corrected chi connectivity index (χ3v) is 7.48. The van der Waals surface area contributed by atoms with Crippen molar-refractivity contribution < 1.29 is 9.50 Å². The number of nitrogens with one attached hydrogen (secondary N) is 3. The van der Waals surface area contributed by atoms with Crippen LogP contribution in [0.3, 0.4) is 0 Å². The van der Waals surface area contributed by atoms with Crippen molar-refractivity contribution in [2.24, 2.45) is 0 Å². The lowest BCUT2D eigenvalue weighted by Crippen LogP contribution is -2.30. The van der Waals surface area contributed by atoms with Crippen LogP contribution in [-0.2, 0) is 6.54 Å². The third-order valence-electron chi connectivity index (χ3n) is 7.48. The van der Waals surface area contributed by atoms with Crippen molar-refractivity contribution in [3.63, 3.8) is 0 Å². The Hall–Kier alpha value is -2.32. The first kappa shape index (κ1) is 25.8. The van der Waals surface area contributed by atoms with E-state index in [-0.39, 0.29) is 18.7 Å². The highest BCUT2D eigenvalue weighted by atomic mass is 19.1. The molecule has 2 heterocycles. The van der Waals surface area contributed by atoms with E-state index < -0.39 is 5.67 Å². The lowest BCUT2D eigenvalue weighted by Gasteiger charge is -2.27. The van der Waals surface area contributed by atoms with Gasteiger partial charge in [-0.1, -0.05) is 32.3 Å². The first-order valence-corrected chi connectivity index (χ1v) is 13.3. The van der Waals surface area contributed by atoms with Crippen LogP contribution in [0.5, 0.6) is 0 Å². The summed E-state index contributed by atoms with van der Waals surface area (Å²) in [6.07, 6.45) is 13.7. The van der Waals surface area contributed by atoms with Crippen LogP contribution in [0.1, 0.15) is 83.6 Å². The molecule has 2 fully saturated rings. The normalized spacial score (nSPS) is 23.0. The fourth-order valence-electron chi connectivity index (χ4n) is 4.82. The summed E-state index contributed by atoms with van der Waals surface area (Å²) in [7, 11) is 0. The summed E-state index contributed by atoms with van der Waals surface area (Å²) in [5.74, 6) is 1.10. The van der Waals surface area contributed by atoms with Crippen molar-refractivity contribution in [3.05, 3.63) is 30.1 Å². The molecule has 8 heteroatoms. The molecule has 2 saturated carbocycles. The Labute approximate surface area is 208 Å². The van der Waals surface area contributed by atoms with Crippen molar-refractivity contribution >= 4 is 11.8 Å². The maximum atomic E-state index is 14.4. The van der Waals surface area contributed by atoms with Crippen LogP contribution in [0.15, 0.2) is 24.5 Å². The topological polar surface area (TPSA) is 95.0 Å². The number of hydrogen-bond acceptors (Lipinski definition) is 7. The van der Waals surface area contributed by atoms with Crippen molar-refractivity contribution in [2.75, 3.05) is 17.2 Å². The zero-order valence-electron chi connectivity index (χ0n) is 21.2. The number of aromatic nitrogens is 3. The number of nitrogens with zero attached hydrogens (tertiary/aromatic N) is 3. The quantitative estimate of drug-likeness (QED) is 0.367. The molecule has 192 valence electrons. The van der Waals surface area contributed by atoms with E-state index in [4.69, 9.17) is 9.97 Å². The molecule has 4 N–H and O–H groups in total. The summed E-state index contributed by atoms with van der Waals surface area (Å²) in [5.41, 5.74) is 1.47. The van der Waals surface area contributed by atoms with Crippen molar-refractivity contribution in [1.82, 2.24) is 20.3 Å². The van der Waals surface area contributed by atoms with Gasteiger partial charge in [0, 0.05) is 31.0 Å². The number of alkyl halides is 1. The van der Waals surface area contributed by atoms with Gasteiger partial charge in [0.2, 0.25) is 5.95 Å². The molecule has 0 aliphatic heterocycles. The molecule has 2 aromatic rings. The first-order valence-electron chi connectivity index (χ1n) is 13.3. The summed E-state index contributed by atoms with van der Waals surface area (Å²) in [5, 5.41) is 20.2. The minimum atomic E-state index is -1.32. The van der Waals surface area contributed by atoms with E-state index in [0.717, 1.165) is 49.0 Å². The van der Waals surface area contributed by atoms with Gasteiger partial charge in [-0.25, -0.2) is 9.37 Å². The molecule has 35 heavy (non-hydrogen) atoms. The number of halogens is 1. The zero-order chi connectivity index (χ0) is 24.7. The maximum absolute atomic E-state index is 14.4. The van der Waals surface area contributed by atoms with Gasteiger partial charge >= 0.3 is 0 Å². The van der Waals surface area contributed by atoms with Crippen LogP contribution in [0.4, 0.5) is 16.2 Å². The Morgan fingerprint density at radius 2 is 1.77 bits per heavy atom. The van der Waals surface area contributed by atoms with E-state index in [0.29, 0.717) is 24.2 Å². The number of pyridine rings is 1. The van der Waals surface area contributed by atoms with E-state index in [2.05, 4.69) is 27.0 Å². The minimum absolute atomic E-state index is 0.152. The SMILES string of the molecule is CCC(C)(F)CNc1ncc(-c2ccc(CNC3CCCCC3)cn2)c(N[C@H]2CC[C@H](O)CC2)n1. The summed E-state index contributed by atoms with van der Waals surface area (Å²) in [6, 6.07) is 4.97. The highest BCUT2D eigenvalue weighted by Crippen LogP contribution is 2.29. The molecule has 7 nitrogen and oxygen atoms in total. The van der Waals surface area contributed by atoms with Gasteiger partial charge in [0.25, 0.3) is 0 Å². The van der Waals surface area contributed by atoms with Crippen LogP contribution >= 0.6 is 0 Å².